The van der Waals surface area contributed by atoms with Crippen molar-refractivity contribution < 1.29 is 18.0 Å². The van der Waals surface area contributed by atoms with E-state index in [1.807, 2.05) is 12.1 Å². The SMILES string of the molecule is CN1CCN(c2ccc3[nH]cc(NC(=O)Nc4ccc(C(F)(F)F)cc4)c3n2)CC1. The number of piperazine rings is 1. The summed E-state index contributed by atoms with van der Waals surface area (Å²) in [6.45, 7) is 3.65. The predicted molar refractivity (Wildman–Crippen MR) is 110 cm³/mol. The average Bonchev–Trinajstić information content (AvgIpc) is 3.10. The Balaban J connectivity index is 1.46. The van der Waals surface area contributed by atoms with Crippen molar-refractivity contribution in [2.24, 2.45) is 0 Å². The summed E-state index contributed by atoms with van der Waals surface area (Å²) in [5, 5.41) is 5.23. The molecule has 0 bridgehead atoms. The van der Waals surface area contributed by atoms with Crippen molar-refractivity contribution in [1.29, 1.82) is 0 Å². The summed E-state index contributed by atoms with van der Waals surface area (Å²) in [6.07, 6.45) is -2.78. The summed E-state index contributed by atoms with van der Waals surface area (Å²) < 4.78 is 38.0. The number of carbonyl (C=O) groups is 1. The lowest BCUT2D eigenvalue weighted by atomic mass is 10.2. The lowest BCUT2D eigenvalue weighted by Crippen LogP contribution is -2.44. The highest BCUT2D eigenvalue weighted by Gasteiger charge is 2.30. The third-order valence-corrected chi connectivity index (χ3v) is 5.05. The van der Waals surface area contributed by atoms with Gasteiger partial charge >= 0.3 is 12.2 Å². The first-order chi connectivity index (χ1) is 14.3. The number of anilines is 3. The zero-order valence-corrected chi connectivity index (χ0v) is 16.3. The van der Waals surface area contributed by atoms with Gasteiger partial charge in [0.2, 0.25) is 0 Å². The van der Waals surface area contributed by atoms with Crippen LogP contribution in [0.1, 0.15) is 5.56 Å². The van der Waals surface area contributed by atoms with Crippen LogP contribution >= 0.6 is 0 Å². The fourth-order valence-electron chi connectivity index (χ4n) is 3.32. The Morgan fingerprint density at radius 2 is 1.73 bits per heavy atom. The van der Waals surface area contributed by atoms with E-state index in [1.54, 1.807) is 6.20 Å². The van der Waals surface area contributed by atoms with Crippen LogP contribution < -0.4 is 15.5 Å². The number of aromatic amines is 1. The molecule has 10 heteroatoms. The zero-order chi connectivity index (χ0) is 21.3. The summed E-state index contributed by atoms with van der Waals surface area (Å²) in [7, 11) is 2.08. The highest BCUT2D eigenvalue weighted by Crippen LogP contribution is 2.30. The Hall–Kier alpha value is -3.27. The second kappa shape index (κ2) is 7.86. The summed E-state index contributed by atoms with van der Waals surface area (Å²) in [5.41, 5.74) is 1.37. The summed E-state index contributed by atoms with van der Waals surface area (Å²) in [6, 6.07) is 7.55. The van der Waals surface area contributed by atoms with E-state index in [0.717, 1.165) is 49.6 Å². The second-order valence-corrected chi connectivity index (χ2v) is 7.21. The Morgan fingerprint density at radius 1 is 1.03 bits per heavy atom. The quantitative estimate of drug-likeness (QED) is 0.602. The molecule has 7 nitrogen and oxygen atoms in total. The third kappa shape index (κ3) is 4.33. The smallest absolute Gasteiger partial charge is 0.358 e. The lowest BCUT2D eigenvalue weighted by molar-refractivity contribution is -0.137. The van der Waals surface area contributed by atoms with Gasteiger partial charge in [0.05, 0.1) is 16.8 Å². The molecule has 1 aliphatic heterocycles. The van der Waals surface area contributed by atoms with Crippen LogP contribution in [0.3, 0.4) is 0 Å². The molecule has 2 amide bonds. The number of halogens is 3. The molecule has 0 spiro atoms. The minimum atomic E-state index is -4.42. The fraction of sp³-hybridized carbons (Fsp3) is 0.300. The number of hydrogen-bond acceptors (Lipinski definition) is 4. The van der Waals surface area contributed by atoms with Gasteiger partial charge in [-0.1, -0.05) is 0 Å². The van der Waals surface area contributed by atoms with Crippen molar-refractivity contribution in [2.75, 3.05) is 48.8 Å². The van der Waals surface area contributed by atoms with Gasteiger partial charge in [0.25, 0.3) is 0 Å². The molecular weight excluding hydrogens is 397 g/mol. The van der Waals surface area contributed by atoms with E-state index in [-0.39, 0.29) is 5.69 Å². The van der Waals surface area contributed by atoms with Crippen LogP contribution in [-0.2, 0) is 6.18 Å². The minimum absolute atomic E-state index is 0.256. The van der Waals surface area contributed by atoms with E-state index in [1.165, 1.54) is 12.1 Å². The standard InChI is InChI=1S/C20H21F3N6O/c1-28-8-10-29(11-9-28)17-7-6-15-18(27-17)16(12-24-15)26-19(30)25-14-4-2-13(3-5-14)20(21,22)23/h2-7,12,24H,8-11H2,1H3,(H2,25,26,30). The predicted octanol–water partition coefficient (Wildman–Crippen LogP) is 3.98. The van der Waals surface area contributed by atoms with E-state index >= 15 is 0 Å². The molecule has 0 saturated carbocycles. The zero-order valence-electron chi connectivity index (χ0n) is 16.3. The van der Waals surface area contributed by atoms with Gasteiger partial charge in [-0.25, -0.2) is 9.78 Å². The van der Waals surface area contributed by atoms with E-state index in [4.69, 9.17) is 4.98 Å². The van der Waals surface area contributed by atoms with E-state index in [0.29, 0.717) is 11.2 Å². The highest BCUT2D eigenvalue weighted by atomic mass is 19.4. The number of alkyl halides is 3. The number of H-pyrrole nitrogens is 1. The van der Waals surface area contributed by atoms with Gasteiger partial charge in [0.1, 0.15) is 11.3 Å². The normalized spacial score (nSPS) is 15.4. The average molecular weight is 418 g/mol. The van der Waals surface area contributed by atoms with Crippen molar-refractivity contribution in [3.63, 3.8) is 0 Å². The van der Waals surface area contributed by atoms with Crippen molar-refractivity contribution in [3.8, 4) is 0 Å². The molecule has 1 aliphatic rings. The molecule has 158 valence electrons. The monoisotopic (exact) mass is 418 g/mol. The Kier molecular flexibility index (Phi) is 5.25. The number of pyridine rings is 1. The van der Waals surface area contributed by atoms with Gasteiger partial charge in [-0.3, -0.25) is 0 Å². The van der Waals surface area contributed by atoms with Gasteiger partial charge < -0.3 is 25.4 Å². The van der Waals surface area contributed by atoms with Crippen LogP contribution in [0.4, 0.5) is 35.2 Å². The van der Waals surface area contributed by atoms with Gasteiger partial charge in [-0.2, -0.15) is 13.2 Å². The lowest BCUT2D eigenvalue weighted by Gasteiger charge is -2.33. The number of fused-ring (bicyclic) bond motifs is 1. The van der Waals surface area contributed by atoms with Crippen LogP contribution in [0.2, 0.25) is 0 Å². The van der Waals surface area contributed by atoms with Gasteiger partial charge in [0, 0.05) is 38.1 Å². The summed E-state index contributed by atoms with van der Waals surface area (Å²) in [4.78, 5) is 24.5. The molecule has 30 heavy (non-hydrogen) atoms. The highest BCUT2D eigenvalue weighted by molar-refractivity contribution is 6.05. The van der Waals surface area contributed by atoms with Crippen LogP contribution in [-0.4, -0.2) is 54.1 Å². The second-order valence-electron chi connectivity index (χ2n) is 7.21. The number of rotatable bonds is 3. The first kappa shape index (κ1) is 20.0. The topological polar surface area (TPSA) is 76.3 Å². The molecule has 0 unspecified atom stereocenters. The number of likely N-dealkylation sites (N-methyl/N-ethyl adjacent to an activating group) is 1. The van der Waals surface area contributed by atoms with Crippen molar-refractivity contribution in [2.45, 2.75) is 6.18 Å². The summed E-state index contributed by atoms with van der Waals surface area (Å²) >= 11 is 0. The van der Waals surface area contributed by atoms with Crippen LogP contribution in [0.25, 0.3) is 11.0 Å². The van der Waals surface area contributed by atoms with E-state index in [9.17, 15) is 18.0 Å². The maximum atomic E-state index is 12.7. The number of nitrogens with zero attached hydrogens (tertiary/aromatic N) is 3. The van der Waals surface area contributed by atoms with Crippen molar-refractivity contribution in [3.05, 3.63) is 48.2 Å². The molecule has 0 radical (unpaired) electrons. The number of hydrogen-bond donors (Lipinski definition) is 3. The number of aromatic nitrogens is 2. The minimum Gasteiger partial charge on any atom is -0.358 e. The summed E-state index contributed by atoms with van der Waals surface area (Å²) in [5.74, 6) is 0.835. The number of amides is 2. The first-order valence-corrected chi connectivity index (χ1v) is 9.46. The molecule has 4 rings (SSSR count). The van der Waals surface area contributed by atoms with E-state index in [2.05, 4.69) is 32.5 Å². The molecule has 1 aromatic carbocycles. The Morgan fingerprint density at radius 3 is 2.40 bits per heavy atom. The maximum Gasteiger partial charge on any atom is 0.416 e. The van der Waals surface area contributed by atoms with Crippen LogP contribution in [0, 0.1) is 0 Å². The molecule has 3 aromatic rings. The molecule has 0 aliphatic carbocycles. The third-order valence-electron chi connectivity index (χ3n) is 5.05. The molecular formula is C20H21F3N6O. The molecule has 0 atom stereocenters. The molecule has 2 aromatic heterocycles. The number of urea groups is 1. The first-order valence-electron chi connectivity index (χ1n) is 9.46. The van der Waals surface area contributed by atoms with Crippen molar-refractivity contribution in [1.82, 2.24) is 14.9 Å². The fourth-order valence-corrected chi connectivity index (χ4v) is 3.32. The van der Waals surface area contributed by atoms with Gasteiger partial charge in [-0.05, 0) is 43.4 Å². The number of benzene rings is 1. The van der Waals surface area contributed by atoms with E-state index < -0.39 is 17.8 Å². The molecule has 1 fully saturated rings. The van der Waals surface area contributed by atoms with Crippen LogP contribution in [0.5, 0.6) is 0 Å². The Labute approximate surface area is 170 Å². The van der Waals surface area contributed by atoms with Gasteiger partial charge in [0.15, 0.2) is 0 Å². The number of nitrogens with one attached hydrogen (secondary N) is 3. The number of carbonyl (C=O) groups excluding carboxylic acids is 1. The van der Waals surface area contributed by atoms with Gasteiger partial charge in [-0.15, -0.1) is 0 Å². The Bertz CT molecular complexity index is 1040. The van der Waals surface area contributed by atoms with Crippen LogP contribution in [0.15, 0.2) is 42.6 Å². The molecule has 3 N–H and O–H groups in total. The maximum absolute atomic E-state index is 12.7. The van der Waals surface area contributed by atoms with Crippen molar-refractivity contribution >= 4 is 34.3 Å². The molecule has 3 heterocycles. The largest absolute Gasteiger partial charge is 0.416 e. The molecule has 1 saturated heterocycles.